The van der Waals surface area contributed by atoms with Crippen LogP contribution in [0.4, 0.5) is 5.88 Å². The fourth-order valence-electron chi connectivity index (χ4n) is 1.20. The monoisotopic (exact) mass is 269 g/mol. The number of likely N-dealkylation sites (N-methyl/N-ethyl adjacent to an activating group) is 1. The Kier molecular flexibility index (Phi) is 4.37. The number of aliphatic hydroxyl groups is 1. The molecular weight excluding hydrogens is 246 g/mol. The number of hydrogen-bond donors (Lipinski definition) is 2. The number of nitrogens with zero attached hydrogens (tertiary/aromatic N) is 2. The van der Waals surface area contributed by atoms with Gasteiger partial charge in [-0.05, 0) is 27.9 Å². The van der Waals surface area contributed by atoms with Gasteiger partial charge in [0.1, 0.15) is 0 Å². The molecule has 0 unspecified atom stereocenters. The zero-order valence-corrected chi connectivity index (χ0v) is 12.4. The maximum absolute atomic E-state index is 12.1. The third-order valence-electron chi connectivity index (χ3n) is 3.51. The molecule has 1 aromatic heterocycles. The molecule has 0 saturated carbocycles. The van der Waals surface area contributed by atoms with Gasteiger partial charge in [-0.25, -0.2) is 0 Å². The Labute approximate surface area is 113 Å². The summed E-state index contributed by atoms with van der Waals surface area (Å²) in [5, 5.41) is 15.8. The number of aliphatic hydroxyl groups excluding tert-OH is 1. The number of carbonyl (C=O) groups excluding carboxylic acids is 1. The van der Waals surface area contributed by atoms with Crippen molar-refractivity contribution in [2.45, 2.75) is 38.6 Å². The highest BCUT2D eigenvalue weighted by Crippen LogP contribution is 2.24. The van der Waals surface area contributed by atoms with Gasteiger partial charge in [0, 0.05) is 11.5 Å². The fourth-order valence-corrected chi connectivity index (χ4v) is 1.20. The molecule has 0 bridgehead atoms. The van der Waals surface area contributed by atoms with Gasteiger partial charge >= 0.3 is 0 Å². The van der Waals surface area contributed by atoms with E-state index in [9.17, 15) is 9.90 Å². The molecule has 0 fully saturated rings. The lowest BCUT2D eigenvalue weighted by Crippen LogP contribution is -2.48. The number of amides is 1. The lowest BCUT2D eigenvalue weighted by molar-refractivity contribution is -0.124. The molecule has 1 amide bonds. The van der Waals surface area contributed by atoms with Crippen LogP contribution >= 0.6 is 0 Å². The minimum absolute atomic E-state index is 0.0455. The minimum atomic E-state index is -0.653. The van der Waals surface area contributed by atoms with Crippen molar-refractivity contribution in [3.05, 3.63) is 11.8 Å². The van der Waals surface area contributed by atoms with Crippen molar-refractivity contribution in [2.75, 3.05) is 26.0 Å². The molecule has 0 aliphatic rings. The van der Waals surface area contributed by atoms with Crippen molar-refractivity contribution in [3.63, 3.8) is 0 Å². The van der Waals surface area contributed by atoms with Crippen LogP contribution in [0.1, 0.15) is 33.4 Å². The molecule has 6 nitrogen and oxygen atoms in total. The van der Waals surface area contributed by atoms with E-state index in [0.717, 1.165) is 0 Å². The molecule has 1 rings (SSSR count). The number of aromatic nitrogens is 1. The van der Waals surface area contributed by atoms with E-state index in [1.807, 2.05) is 46.7 Å². The van der Waals surface area contributed by atoms with Crippen LogP contribution in [0.25, 0.3) is 0 Å². The molecule has 1 aromatic rings. The van der Waals surface area contributed by atoms with Crippen molar-refractivity contribution in [3.8, 4) is 0 Å². The van der Waals surface area contributed by atoms with Crippen molar-refractivity contribution in [1.82, 2.24) is 10.1 Å². The van der Waals surface area contributed by atoms with E-state index in [2.05, 4.69) is 10.5 Å². The molecule has 0 aliphatic heterocycles. The average molecular weight is 269 g/mol. The standard InChI is InChI=1S/C13H23N3O3/c1-12(2,8-17)9-7-10(19-15-9)14-11(18)13(3,4)16(5)6/h7,17H,8H2,1-6H3,(H,14,18). The molecule has 2 N–H and O–H groups in total. The summed E-state index contributed by atoms with van der Waals surface area (Å²) in [7, 11) is 3.67. The first-order chi connectivity index (χ1) is 8.61. The smallest absolute Gasteiger partial charge is 0.246 e. The molecule has 0 saturated heterocycles. The van der Waals surface area contributed by atoms with Gasteiger partial charge in [0.25, 0.3) is 0 Å². The van der Waals surface area contributed by atoms with Crippen LogP contribution in [0, 0.1) is 0 Å². The van der Waals surface area contributed by atoms with Crippen molar-refractivity contribution in [2.24, 2.45) is 0 Å². The molecule has 1 heterocycles. The van der Waals surface area contributed by atoms with Gasteiger partial charge < -0.3 is 9.63 Å². The number of anilines is 1. The lowest BCUT2D eigenvalue weighted by atomic mass is 9.91. The lowest BCUT2D eigenvalue weighted by Gasteiger charge is -2.30. The highest BCUT2D eigenvalue weighted by Gasteiger charge is 2.31. The summed E-state index contributed by atoms with van der Waals surface area (Å²) in [5.74, 6) is 0.110. The van der Waals surface area contributed by atoms with E-state index >= 15 is 0 Å². The Hall–Kier alpha value is -1.40. The third-order valence-corrected chi connectivity index (χ3v) is 3.51. The summed E-state index contributed by atoms with van der Waals surface area (Å²) in [6, 6.07) is 1.64. The van der Waals surface area contributed by atoms with E-state index < -0.39 is 11.0 Å². The van der Waals surface area contributed by atoms with Crippen LogP contribution in [0.3, 0.4) is 0 Å². The van der Waals surface area contributed by atoms with E-state index in [4.69, 9.17) is 4.52 Å². The van der Waals surface area contributed by atoms with Crippen LogP contribution in [-0.4, -0.2) is 47.3 Å². The molecule has 0 spiro atoms. The van der Waals surface area contributed by atoms with E-state index in [0.29, 0.717) is 5.69 Å². The van der Waals surface area contributed by atoms with Crippen LogP contribution in [-0.2, 0) is 10.2 Å². The van der Waals surface area contributed by atoms with Crippen LogP contribution in [0.2, 0.25) is 0 Å². The second-order valence-electron chi connectivity index (χ2n) is 6.03. The predicted octanol–water partition coefficient (Wildman–Crippen LogP) is 1.22. The van der Waals surface area contributed by atoms with Crippen molar-refractivity contribution >= 4 is 11.8 Å². The maximum atomic E-state index is 12.1. The zero-order chi connectivity index (χ0) is 14.8. The van der Waals surface area contributed by atoms with E-state index in [1.165, 1.54) is 0 Å². The summed E-state index contributed by atoms with van der Waals surface area (Å²) < 4.78 is 5.09. The van der Waals surface area contributed by atoms with Crippen molar-refractivity contribution in [1.29, 1.82) is 0 Å². The summed E-state index contributed by atoms with van der Waals surface area (Å²) in [4.78, 5) is 13.9. The topological polar surface area (TPSA) is 78.6 Å². The number of rotatable bonds is 5. The first-order valence-electron chi connectivity index (χ1n) is 6.18. The molecule has 108 valence electrons. The van der Waals surface area contributed by atoms with Crippen LogP contribution in [0.15, 0.2) is 10.6 Å². The molecule has 6 heteroatoms. The second kappa shape index (κ2) is 5.30. The van der Waals surface area contributed by atoms with E-state index in [1.54, 1.807) is 6.07 Å². The minimum Gasteiger partial charge on any atom is -0.395 e. The Morgan fingerprint density at radius 2 is 2.00 bits per heavy atom. The largest absolute Gasteiger partial charge is 0.395 e. The average Bonchev–Trinajstić information content (AvgIpc) is 2.77. The molecular formula is C13H23N3O3. The first kappa shape index (κ1) is 15.7. The molecule has 19 heavy (non-hydrogen) atoms. The highest BCUT2D eigenvalue weighted by molar-refractivity contribution is 5.96. The van der Waals surface area contributed by atoms with Gasteiger partial charge in [0.05, 0.1) is 17.8 Å². The van der Waals surface area contributed by atoms with Crippen LogP contribution < -0.4 is 5.32 Å². The number of carbonyl (C=O) groups is 1. The molecule has 0 aromatic carbocycles. The molecule has 0 radical (unpaired) electrons. The molecule has 0 aliphatic carbocycles. The van der Waals surface area contributed by atoms with Gasteiger partial charge in [0.2, 0.25) is 11.8 Å². The zero-order valence-electron chi connectivity index (χ0n) is 12.4. The second-order valence-corrected chi connectivity index (χ2v) is 6.03. The summed E-state index contributed by atoms with van der Waals surface area (Å²) >= 11 is 0. The summed E-state index contributed by atoms with van der Waals surface area (Å²) in [5.41, 5.74) is -0.545. The normalized spacial score (nSPS) is 12.8. The Balaban J connectivity index is 2.83. The molecule has 0 atom stereocenters. The summed E-state index contributed by atoms with van der Waals surface area (Å²) in [6.45, 7) is 7.28. The van der Waals surface area contributed by atoms with E-state index in [-0.39, 0.29) is 18.4 Å². The Morgan fingerprint density at radius 1 is 1.42 bits per heavy atom. The van der Waals surface area contributed by atoms with Gasteiger partial charge in [-0.1, -0.05) is 19.0 Å². The number of nitrogens with one attached hydrogen (secondary N) is 1. The number of hydrogen-bond acceptors (Lipinski definition) is 5. The fraction of sp³-hybridized carbons (Fsp3) is 0.692. The van der Waals surface area contributed by atoms with Gasteiger partial charge in [-0.2, -0.15) is 0 Å². The first-order valence-corrected chi connectivity index (χ1v) is 6.18. The predicted molar refractivity (Wildman–Crippen MR) is 73.0 cm³/mol. The maximum Gasteiger partial charge on any atom is 0.246 e. The summed E-state index contributed by atoms with van der Waals surface area (Å²) in [6.07, 6.45) is 0. The Morgan fingerprint density at radius 3 is 2.47 bits per heavy atom. The van der Waals surface area contributed by atoms with Crippen molar-refractivity contribution < 1.29 is 14.4 Å². The van der Waals surface area contributed by atoms with Gasteiger partial charge in [-0.15, -0.1) is 0 Å². The van der Waals surface area contributed by atoms with Gasteiger partial charge in [0.15, 0.2) is 0 Å². The third kappa shape index (κ3) is 3.33. The highest BCUT2D eigenvalue weighted by atomic mass is 16.5. The van der Waals surface area contributed by atoms with Gasteiger partial charge in [-0.3, -0.25) is 15.0 Å². The van der Waals surface area contributed by atoms with Crippen LogP contribution in [0.5, 0.6) is 0 Å². The Bertz CT molecular complexity index is 450. The SMILES string of the molecule is CN(C)C(C)(C)C(=O)Nc1cc(C(C)(C)CO)no1. The quantitative estimate of drug-likeness (QED) is 0.840.